The van der Waals surface area contributed by atoms with Crippen LogP contribution < -0.4 is 0 Å². The molecule has 0 bridgehead atoms. The van der Waals surface area contributed by atoms with Crippen LogP contribution in [0.15, 0.2) is 24.4 Å². The molecule has 0 N–H and O–H groups in total. The largest absolute Gasteiger partial charge is 0.287 e. The van der Waals surface area contributed by atoms with E-state index in [0.717, 1.165) is 17.3 Å². The van der Waals surface area contributed by atoms with Gasteiger partial charge in [0.2, 0.25) is 5.78 Å². The summed E-state index contributed by atoms with van der Waals surface area (Å²) >= 11 is 0.958. The van der Waals surface area contributed by atoms with Gasteiger partial charge < -0.3 is 0 Å². The number of benzene rings is 1. The fraction of sp³-hybridized carbons (Fsp3) is 0.100. The van der Waals surface area contributed by atoms with Crippen LogP contribution in [0.25, 0.3) is 0 Å². The normalized spacial score (nSPS) is 10.3. The highest BCUT2D eigenvalue weighted by molar-refractivity contribution is 6.99. The lowest BCUT2D eigenvalue weighted by Gasteiger charge is -2.01. The molecule has 0 aliphatic carbocycles. The van der Waals surface area contributed by atoms with Crippen LogP contribution in [-0.2, 0) is 0 Å². The molecular weight excluding hydrogens is 215 g/mol. The first-order valence-electron chi connectivity index (χ1n) is 4.27. The second kappa shape index (κ2) is 3.86. The van der Waals surface area contributed by atoms with Crippen molar-refractivity contribution in [2.45, 2.75) is 6.92 Å². The number of rotatable bonds is 2. The molecule has 0 amide bonds. The number of carbonyl (C=O) groups excluding carboxylic acids is 1. The molecule has 0 spiro atoms. The molecule has 0 saturated carbocycles. The summed E-state index contributed by atoms with van der Waals surface area (Å²) in [4.78, 5) is 11.8. The lowest BCUT2D eigenvalue weighted by molar-refractivity contribution is 0.103. The Kier molecular flexibility index (Phi) is 2.55. The zero-order chi connectivity index (χ0) is 10.8. The minimum Gasteiger partial charge on any atom is -0.287 e. The molecule has 0 aliphatic rings. The quantitative estimate of drug-likeness (QED) is 0.732. The van der Waals surface area contributed by atoms with Gasteiger partial charge in [-0.2, -0.15) is 8.75 Å². The maximum absolute atomic E-state index is 13.0. The van der Waals surface area contributed by atoms with E-state index in [1.165, 1.54) is 18.3 Å². The summed E-state index contributed by atoms with van der Waals surface area (Å²) in [6.07, 6.45) is 1.39. The van der Waals surface area contributed by atoms with Gasteiger partial charge in [0, 0.05) is 5.56 Å². The zero-order valence-corrected chi connectivity index (χ0v) is 8.71. The van der Waals surface area contributed by atoms with Gasteiger partial charge in [-0.3, -0.25) is 4.79 Å². The van der Waals surface area contributed by atoms with Crippen molar-refractivity contribution < 1.29 is 9.18 Å². The smallest absolute Gasteiger partial charge is 0.214 e. The molecule has 0 saturated heterocycles. The highest BCUT2D eigenvalue weighted by atomic mass is 32.1. The topological polar surface area (TPSA) is 42.9 Å². The van der Waals surface area contributed by atoms with E-state index < -0.39 is 5.82 Å². The average Bonchev–Trinajstić information content (AvgIpc) is 2.74. The van der Waals surface area contributed by atoms with E-state index in [1.807, 2.05) is 0 Å². The number of aryl methyl sites for hydroxylation is 1. The third kappa shape index (κ3) is 1.92. The lowest BCUT2D eigenvalue weighted by Crippen LogP contribution is -2.04. The van der Waals surface area contributed by atoms with Gasteiger partial charge >= 0.3 is 0 Å². The molecule has 1 aromatic carbocycles. The van der Waals surface area contributed by atoms with Crippen molar-refractivity contribution in [3.63, 3.8) is 0 Å². The van der Waals surface area contributed by atoms with Crippen LogP contribution in [0.5, 0.6) is 0 Å². The van der Waals surface area contributed by atoms with Crippen molar-refractivity contribution in [2.24, 2.45) is 0 Å². The molecule has 0 atom stereocenters. The van der Waals surface area contributed by atoms with Gasteiger partial charge in [-0.15, -0.1) is 0 Å². The minimum absolute atomic E-state index is 0.258. The molecule has 5 heteroatoms. The Bertz CT molecular complexity index is 496. The number of hydrogen-bond donors (Lipinski definition) is 0. The van der Waals surface area contributed by atoms with Crippen molar-refractivity contribution in [2.75, 3.05) is 0 Å². The van der Waals surface area contributed by atoms with E-state index in [9.17, 15) is 9.18 Å². The Hall–Kier alpha value is -1.62. The molecule has 0 fully saturated rings. The number of nitrogens with zero attached hydrogens (tertiary/aromatic N) is 2. The van der Waals surface area contributed by atoms with Gasteiger partial charge in [0.15, 0.2) is 0 Å². The molecule has 0 unspecified atom stereocenters. The Balaban J connectivity index is 2.46. The van der Waals surface area contributed by atoms with Crippen LogP contribution in [0.4, 0.5) is 4.39 Å². The molecule has 0 radical (unpaired) electrons. The van der Waals surface area contributed by atoms with Gasteiger partial charge in [0.25, 0.3) is 0 Å². The van der Waals surface area contributed by atoms with E-state index >= 15 is 0 Å². The highest BCUT2D eigenvalue weighted by Crippen LogP contribution is 2.14. The number of hydrogen-bond acceptors (Lipinski definition) is 4. The summed E-state index contributed by atoms with van der Waals surface area (Å²) in [5.74, 6) is -0.715. The molecule has 2 aromatic rings. The van der Waals surface area contributed by atoms with Crippen LogP contribution in [0.3, 0.4) is 0 Å². The Morgan fingerprint density at radius 2 is 2.27 bits per heavy atom. The first kappa shape index (κ1) is 9.92. The van der Waals surface area contributed by atoms with Gasteiger partial charge in [-0.25, -0.2) is 4.39 Å². The molecular formula is C10H7FN2OS. The van der Waals surface area contributed by atoms with Gasteiger partial charge in [-0.1, -0.05) is 6.07 Å². The van der Waals surface area contributed by atoms with Crippen LogP contribution in [0.1, 0.15) is 21.6 Å². The third-order valence-corrected chi connectivity index (χ3v) is 2.52. The third-order valence-electron chi connectivity index (χ3n) is 2.04. The maximum Gasteiger partial charge on any atom is 0.214 e. The van der Waals surface area contributed by atoms with Crippen molar-refractivity contribution in [1.29, 1.82) is 0 Å². The van der Waals surface area contributed by atoms with E-state index in [0.29, 0.717) is 5.56 Å². The highest BCUT2D eigenvalue weighted by Gasteiger charge is 2.14. The molecule has 1 heterocycles. The summed E-state index contributed by atoms with van der Waals surface area (Å²) in [5.41, 5.74) is 1.32. The summed E-state index contributed by atoms with van der Waals surface area (Å²) < 4.78 is 20.5. The van der Waals surface area contributed by atoms with Crippen molar-refractivity contribution in [1.82, 2.24) is 8.75 Å². The fourth-order valence-electron chi connectivity index (χ4n) is 1.24. The lowest BCUT2D eigenvalue weighted by atomic mass is 10.0. The van der Waals surface area contributed by atoms with Crippen molar-refractivity contribution in [3.8, 4) is 0 Å². The summed E-state index contributed by atoms with van der Waals surface area (Å²) in [6, 6.07) is 4.12. The Labute approximate surface area is 89.9 Å². The fourth-order valence-corrected chi connectivity index (χ4v) is 1.65. The molecule has 3 nitrogen and oxygen atoms in total. The van der Waals surface area contributed by atoms with Gasteiger partial charge in [0.1, 0.15) is 11.5 Å². The second-order valence-corrected chi connectivity index (χ2v) is 3.64. The monoisotopic (exact) mass is 222 g/mol. The van der Waals surface area contributed by atoms with Crippen LogP contribution in [0, 0.1) is 12.7 Å². The number of halogens is 1. The number of carbonyl (C=O) groups is 1. The summed E-state index contributed by atoms with van der Waals surface area (Å²) in [7, 11) is 0. The van der Waals surface area contributed by atoms with Crippen LogP contribution in [0.2, 0.25) is 0 Å². The van der Waals surface area contributed by atoms with E-state index in [-0.39, 0.29) is 11.5 Å². The summed E-state index contributed by atoms with van der Waals surface area (Å²) in [6.45, 7) is 1.76. The predicted molar refractivity (Wildman–Crippen MR) is 54.5 cm³/mol. The molecule has 0 aliphatic heterocycles. The predicted octanol–water partition coefficient (Wildman–Crippen LogP) is 2.22. The van der Waals surface area contributed by atoms with E-state index in [4.69, 9.17) is 0 Å². The Morgan fingerprint density at radius 3 is 2.93 bits per heavy atom. The van der Waals surface area contributed by atoms with Gasteiger partial charge in [0.05, 0.1) is 17.9 Å². The summed E-state index contributed by atoms with van der Waals surface area (Å²) in [5, 5.41) is 0. The SMILES string of the molecule is Cc1ccc(F)cc1C(=O)c1cnsn1. The van der Waals surface area contributed by atoms with Crippen molar-refractivity contribution in [3.05, 3.63) is 47.0 Å². The molecule has 76 valence electrons. The van der Waals surface area contributed by atoms with Gasteiger partial charge in [-0.05, 0) is 24.6 Å². The number of ketones is 1. The first-order chi connectivity index (χ1) is 7.18. The molecule has 15 heavy (non-hydrogen) atoms. The van der Waals surface area contributed by atoms with Crippen LogP contribution in [-0.4, -0.2) is 14.5 Å². The first-order valence-corrected chi connectivity index (χ1v) is 5.00. The molecule has 2 rings (SSSR count). The van der Waals surface area contributed by atoms with E-state index in [1.54, 1.807) is 13.0 Å². The maximum atomic E-state index is 13.0. The average molecular weight is 222 g/mol. The zero-order valence-electron chi connectivity index (χ0n) is 7.90. The second-order valence-electron chi connectivity index (χ2n) is 3.08. The standard InChI is InChI=1S/C10H7FN2OS/c1-6-2-3-7(11)4-8(6)10(14)9-5-12-15-13-9/h2-5H,1H3. The van der Waals surface area contributed by atoms with E-state index in [2.05, 4.69) is 8.75 Å². The van der Waals surface area contributed by atoms with Crippen molar-refractivity contribution >= 4 is 17.5 Å². The minimum atomic E-state index is -0.424. The van der Waals surface area contributed by atoms with Crippen LogP contribution >= 0.6 is 11.7 Å². The molecule has 1 aromatic heterocycles. The Morgan fingerprint density at radius 1 is 1.47 bits per heavy atom. The number of aromatic nitrogens is 2.